The molecule has 0 bridgehead atoms. The Kier molecular flexibility index (Phi) is 6.29. The van der Waals surface area contributed by atoms with Crippen LogP contribution in [0.25, 0.3) is 0 Å². The van der Waals surface area contributed by atoms with E-state index < -0.39 is 0 Å². The zero-order valence-electron chi connectivity index (χ0n) is 12.7. The van der Waals surface area contributed by atoms with Crippen LogP contribution in [-0.4, -0.2) is 21.6 Å². The zero-order chi connectivity index (χ0) is 15.1. The van der Waals surface area contributed by atoms with E-state index in [1.54, 1.807) is 0 Å². The van der Waals surface area contributed by atoms with Crippen LogP contribution >= 0.6 is 11.8 Å². The summed E-state index contributed by atoms with van der Waals surface area (Å²) in [6.07, 6.45) is 3.99. The van der Waals surface area contributed by atoms with Crippen LogP contribution < -0.4 is 11.3 Å². The molecular formula is C16H24N4S. The second-order valence-electron chi connectivity index (χ2n) is 5.24. The summed E-state index contributed by atoms with van der Waals surface area (Å²) in [6, 6.07) is 13.1. The smallest absolute Gasteiger partial charge is 0.0641 e. The topological polar surface area (TPSA) is 55.9 Å². The van der Waals surface area contributed by atoms with Crippen molar-refractivity contribution < 1.29 is 0 Å². The molecule has 0 aliphatic rings. The fourth-order valence-corrected chi connectivity index (χ4v) is 3.01. The van der Waals surface area contributed by atoms with Gasteiger partial charge < -0.3 is 0 Å². The van der Waals surface area contributed by atoms with Gasteiger partial charge in [0.1, 0.15) is 0 Å². The van der Waals surface area contributed by atoms with Gasteiger partial charge in [-0.2, -0.15) is 5.10 Å². The Labute approximate surface area is 131 Å². The first kappa shape index (κ1) is 16.1. The number of thioether (sulfide) groups is 1. The Morgan fingerprint density at radius 2 is 2.05 bits per heavy atom. The number of hydrogen-bond donors (Lipinski definition) is 2. The molecule has 0 saturated heterocycles. The number of nitrogens with one attached hydrogen (secondary N) is 1. The van der Waals surface area contributed by atoms with Crippen molar-refractivity contribution in [3.05, 3.63) is 48.3 Å². The second-order valence-corrected chi connectivity index (χ2v) is 6.33. The minimum Gasteiger partial charge on any atom is -0.271 e. The zero-order valence-corrected chi connectivity index (χ0v) is 13.5. The van der Waals surface area contributed by atoms with Crippen molar-refractivity contribution in [2.75, 3.05) is 5.75 Å². The lowest BCUT2D eigenvalue weighted by atomic mass is 10.2. The number of nitrogens with two attached hydrogens (primary N) is 1. The normalized spacial score (nSPS) is 14.0. The van der Waals surface area contributed by atoms with E-state index in [2.05, 4.69) is 60.9 Å². The SMILES string of the molecule is CCC(C)n1ccc(CC(CSc2ccccc2)NN)n1. The van der Waals surface area contributed by atoms with Crippen molar-refractivity contribution in [2.45, 2.75) is 43.7 Å². The maximum Gasteiger partial charge on any atom is 0.0641 e. The van der Waals surface area contributed by atoms with Gasteiger partial charge in [-0.25, -0.2) is 0 Å². The molecule has 3 N–H and O–H groups in total. The quantitative estimate of drug-likeness (QED) is 0.447. The molecular weight excluding hydrogens is 280 g/mol. The highest BCUT2D eigenvalue weighted by Crippen LogP contribution is 2.19. The van der Waals surface area contributed by atoms with Gasteiger partial charge >= 0.3 is 0 Å². The van der Waals surface area contributed by atoms with Gasteiger partial charge in [-0.15, -0.1) is 11.8 Å². The minimum atomic E-state index is 0.218. The maximum absolute atomic E-state index is 5.68. The summed E-state index contributed by atoms with van der Waals surface area (Å²) in [7, 11) is 0. The molecule has 0 fully saturated rings. The predicted octanol–water partition coefficient (Wildman–Crippen LogP) is 3.02. The maximum atomic E-state index is 5.68. The van der Waals surface area contributed by atoms with Crippen LogP contribution in [0.5, 0.6) is 0 Å². The van der Waals surface area contributed by atoms with Gasteiger partial charge in [0.2, 0.25) is 0 Å². The van der Waals surface area contributed by atoms with Crippen LogP contribution in [0.2, 0.25) is 0 Å². The summed E-state index contributed by atoms with van der Waals surface area (Å²) >= 11 is 1.81. The Balaban J connectivity index is 1.88. The molecule has 1 heterocycles. The molecule has 2 aromatic rings. The summed E-state index contributed by atoms with van der Waals surface area (Å²) in [5.74, 6) is 6.61. The van der Waals surface area contributed by atoms with Gasteiger partial charge in [0, 0.05) is 35.3 Å². The largest absolute Gasteiger partial charge is 0.271 e. The monoisotopic (exact) mass is 304 g/mol. The third kappa shape index (κ3) is 4.88. The molecule has 5 heteroatoms. The number of aromatic nitrogens is 2. The fraction of sp³-hybridized carbons (Fsp3) is 0.438. The average molecular weight is 304 g/mol. The van der Waals surface area contributed by atoms with E-state index in [9.17, 15) is 0 Å². The van der Waals surface area contributed by atoms with Gasteiger partial charge in [0.25, 0.3) is 0 Å². The number of hydrogen-bond acceptors (Lipinski definition) is 4. The molecule has 0 aliphatic carbocycles. The van der Waals surface area contributed by atoms with E-state index in [0.717, 1.165) is 24.3 Å². The van der Waals surface area contributed by atoms with Gasteiger partial charge in [-0.3, -0.25) is 16.0 Å². The molecule has 2 rings (SSSR count). The van der Waals surface area contributed by atoms with Crippen molar-refractivity contribution in [1.82, 2.24) is 15.2 Å². The summed E-state index contributed by atoms with van der Waals surface area (Å²) in [5, 5.41) is 4.64. The first-order valence-electron chi connectivity index (χ1n) is 7.41. The molecule has 0 saturated carbocycles. The van der Waals surface area contributed by atoms with Gasteiger partial charge in [-0.1, -0.05) is 25.1 Å². The van der Waals surface area contributed by atoms with E-state index >= 15 is 0 Å². The molecule has 114 valence electrons. The molecule has 21 heavy (non-hydrogen) atoms. The lowest BCUT2D eigenvalue weighted by Crippen LogP contribution is -2.38. The lowest BCUT2D eigenvalue weighted by molar-refractivity contribution is 0.469. The fourth-order valence-electron chi connectivity index (χ4n) is 2.05. The second kappa shape index (κ2) is 8.22. The Morgan fingerprint density at radius 3 is 2.71 bits per heavy atom. The number of rotatable bonds is 8. The van der Waals surface area contributed by atoms with Crippen molar-refractivity contribution >= 4 is 11.8 Å². The molecule has 1 aromatic carbocycles. The predicted molar refractivity (Wildman–Crippen MR) is 89.2 cm³/mol. The molecule has 0 aliphatic heterocycles. The van der Waals surface area contributed by atoms with Crippen LogP contribution in [0.3, 0.4) is 0 Å². The molecule has 0 radical (unpaired) electrons. The van der Waals surface area contributed by atoms with Gasteiger partial charge in [0.05, 0.1) is 5.69 Å². The van der Waals surface area contributed by atoms with Crippen molar-refractivity contribution in [3.8, 4) is 0 Å². The Hall–Kier alpha value is -1.30. The molecule has 1 aromatic heterocycles. The summed E-state index contributed by atoms with van der Waals surface area (Å²) in [6.45, 7) is 4.35. The molecule has 0 spiro atoms. The number of nitrogens with zero attached hydrogens (tertiary/aromatic N) is 2. The van der Waals surface area contributed by atoms with E-state index in [1.165, 1.54) is 4.90 Å². The summed E-state index contributed by atoms with van der Waals surface area (Å²) in [4.78, 5) is 1.27. The van der Waals surface area contributed by atoms with Gasteiger partial charge in [0.15, 0.2) is 0 Å². The minimum absolute atomic E-state index is 0.218. The standard InChI is InChI=1S/C16H24N4S/c1-3-13(2)20-10-9-14(19-20)11-15(18-17)12-21-16-7-5-4-6-8-16/h4-10,13,15,18H,3,11-12,17H2,1-2H3. The number of hydrazine groups is 1. The molecule has 2 unspecified atom stereocenters. The lowest BCUT2D eigenvalue weighted by Gasteiger charge is -2.14. The Bertz CT molecular complexity index is 526. The van der Waals surface area contributed by atoms with Gasteiger partial charge in [-0.05, 0) is 31.5 Å². The van der Waals surface area contributed by atoms with Crippen molar-refractivity contribution in [1.29, 1.82) is 0 Å². The molecule has 2 atom stereocenters. The first-order chi connectivity index (χ1) is 10.2. The summed E-state index contributed by atoms with van der Waals surface area (Å²) < 4.78 is 2.03. The average Bonchev–Trinajstić information content (AvgIpc) is 3.00. The van der Waals surface area contributed by atoms with E-state index in [4.69, 9.17) is 5.84 Å². The highest BCUT2D eigenvalue weighted by molar-refractivity contribution is 7.99. The Morgan fingerprint density at radius 1 is 1.29 bits per heavy atom. The third-order valence-corrected chi connectivity index (χ3v) is 4.77. The first-order valence-corrected chi connectivity index (χ1v) is 8.39. The van der Waals surface area contributed by atoms with Crippen LogP contribution in [0.4, 0.5) is 0 Å². The molecule has 4 nitrogen and oxygen atoms in total. The van der Waals surface area contributed by atoms with Crippen LogP contribution in [-0.2, 0) is 6.42 Å². The highest BCUT2D eigenvalue weighted by atomic mass is 32.2. The van der Waals surface area contributed by atoms with Crippen LogP contribution in [0, 0.1) is 0 Å². The van der Waals surface area contributed by atoms with Crippen molar-refractivity contribution in [2.24, 2.45) is 5.84 Å². The van der Waals surface area contributed by atoms with Crippen LogP contribution in [0.15, 0.2) is 47.5 Å². The van der Waals surface area contributed by atoms with Crippen LogP contribution in [0.1, 0.15) is 32.0 Å². The third-order valence-electron chi connectivity index (χ3n) is 3.59. The van der Waals surface area contributed by atoms with E-state index in [-0.39, 0.29) is 6.04 Å². The van der Waals surface area contributed by atoms with Crippen molar-refractivity contribution in [3.63, 3.8) is 0 Å². The highest BCUT2D eigenvalue weighted by Gasteiger charge is 2.12. The molecule has 0 amide bonds. The van der Waals surface area contributed by atoms with E-state index in [1.807, 2.05) is 22.5 Å². The summed E-state index contributed by atoms with van der Waals surface area (Å²) in [5.41, 5.74) is 3.99. The van der Waals surface area contributed by atoms with E-state index in [0.29, 0.717) is 6.04 Å². The number of benzene rings is 1.